The molecule has 4 nitrogen and oxygen atoms in total. The Morgan fingerprint density at radius 2 is 1.79 bits per heavy atom. The molecule has 24 heavy (non-hydrogen) atoms. The fourth-order valence-corrected chi connectivity index (χ4v) is 2.53. The molecule has 2 aromatic carbocycles. The van der Waals surface area contributed by atoms with Crippen molar-refractivity contribution in [1.29, 1.82) is 0 Å². The molecule has 1 amide bonds. The van der Waals surface area contributed by atoms with Crippen LogP contribution >= 0.6 is 0 Å². The SMILES string of the molecule is O=C(NC1CC1)C(Nc1ccc(CCO)cc1)c1ccc(F)cc1. The van der Waals surface area contributed by atoms with Gasteiger partial charge in [0.05, 0.1) is 0 Å². The van der Waals surface area contributed by atoms with E-state index in [1.807, 2.05) is 24.3 Å². The highest BCUT2D eigenvalue weighted by Crippen LogP contribution is 2.24. The van der Waals surface area contributed by atoms with Crippen LogP contribution in [0.5, 0.6) is 0 Å². The number of hydrogen-bond donors (Lipinski definition) is 3. The molecule has 1 unspecified atom stereocenters. The fraction of sp³-hybridized carbons (Fsp3) is 0.316. The van der Waals surface area contributed by atoms with Gasteiger partial charge in [-0.2, -0.15) is 0 Å². The molecule has 126 valence electrons. The van der Waals surface area contributed by atoms with Gasteiger partial charge in [0.1, 0.15) is 11.9 Å². The number of anilines is 1. The number of carbonyl (C=O) groups is 1. The summed E-state index contributed by atoms with van der Waals surface area (Å²) in [6.45, 7) is 0.106. The number of benzene rings is 2. The van der Waals surface area contributed by atoms with Crippen LogP contribution in [0.15, 0.2) is 48.5 Å². The van der Waals surface area contributed by atoms with Crippen LogP contribution in [-0.4, -0.2) is 23.7 Å². The molecule has 0 aromatic heterocycles. The number of nitrogens with one attached hydrogen (secondary N) is 2. The minimum atomic E-state index is -0.574. The highest BCUT2D eigenvalue weighted by Gasteiger charge is 2.28. The van der Waals surface area contributed by atoms with E-state index in [2.05, 4.69) is 10.6 Å². The van der Waals surface area contributed by atoms with Gasteiger partial charge in [-0.05, 0) is 54.7 Å². The summed E-state index contributed by atoms with van der Waals surface area (Å²) in [5.41, 5.74) is 2.55. The van der Waals surface area contributed by atoms with Crippen molar-refractivity contribution in [3.8, 4) is 0 Å². The van der Waals surface area contributed by atoms with Crippen LogP contribution in [0, 0.1) is 5.82 Å². The second kappa shape index (κ2) is 7.45. The standard InChI is InChI=1S/C19H21FN2O2/c20-15-5-3-14(4-6-15)18(19(24)22-17-9-10-17)21-16-7-1-13(2-8-16)11-12-23/h1-8,17-18,21,23H,9-12H2,(H,22,24). The van der Waals surface area contributed by atoms with E-state index in [-0.39, 0.29) is 24.4 Å². The molecule has 3 rings (SSSR count). The summed E-state index contributed by atoms with van der Waals surface area (Å²) in [5.74, 6) is -0.433. The second-order valence-corrected chi connectivity index (χ2v) is 6.08. The Bertz CT molecular complexity index is 682. The molecule has 0 heterocycles. The first-order valence-corrected chi connectivity index (χ1v) is 8.18. The Kier molecular flexibility index (Phi) is 5.11. The maximum Gasteiger partial charge on any atom is 0.247 e. The Morgan fingerprint density at radius 3 is 2.38 bits per heavy atom. The monoisotopic (exact) mass is 328 g/mol. The van der Waals surface area contributed by atoms with Crippen molar-refractivity contribution in [1.82, 2.24) is 5.32 Å². The molecule has 0 spiro atoms. The molecule has 0 bridgehead atoms. The third-order valence-electron chi connectivity index (χ3n) is 4.05. The van der Waals surface area contributed by atoms with E-state index >= 15 is 0 Å². The van der Waals surface area contributed by atoms with E-state index in [1.54, 1.807) is 12.1 Å². The van der Waals surface area contributed by atoms with Crippen LogP contribution in [0.3, 0.4) is 0 Å². The summed E-state index contributed by atoms with van der Waals surface area (Å²) in [6, 6.07) is 13.2. The molecule has 1 atom stereocenters. The van der Waals surface area contributed by atoms with Gasteiger partial charge in [0.25, 0.3) is 0 Å². The predicted molar refractivity (Wildman–Crippen MR) is 91.2 cm³/mol. The number of amides is 1. The molecular formula is C19H21FN2O2. The lowest BCUT2D eigenvalue weighted by Gasteiger charge is -2.20. The van der Waals surface area contributed by atoms with Crippen molar-refractivity contribution in [3.05, 3.63) is 65.5 Å². The zero-order chi connectivity index (χ0) is 16.9. The fourth-order valence-electron chi connectivity index (χ4n) is 2.53. The van der Waals surface area contributed by atoms with Gasteiger partial charge >= 0.3 is 0 Å². The predicted octanol–water partition coefficient (Wildman–Crippen LogP) is 2.79. The Labute approximate surface area is 140 Å². The normalized spacial score (nSPS) is 14.9. The van der Waals surface area contributed by atoms with Crippen LogP contribution in [0.1, 0.15) is 30.0 Å². The molecule has 0 saturated heterocycles. The summed E-state index contributed by atoms with van der Waals surface area (Å²) >= 11 is 0. The maximum atomic E-state index is 13.2. The highest BCUT2D eigenvalue weighted by molar-refractivity contribution is 5.86. The van der Waals surface area contributed by atoms with Gasteiger partial charge in [-0.1, -0.05) is 24.3 Å². The maximum absolute atomic E-state index is 13.2. The van der Waals surface area contributed by atoms with Crippen LogP contribution < -0.4 is 10.6 Å². The third-order valence-corrected chi connectivity index (χ3v) is 4.05. The lowest BCUT2D eigenvalue weighted by Crippen LogP contribution is -2.34. The van der Waals surface area contributed by atoms with E-state index in [1.165, 1.54) is 12.1 Å². The lowest BCUT2D eigenvalue weighted by atomic mass is 10.0. The van der Waals surface area contributed by atoms with Crippen molar-refractivity contribution >= 4 is 11.6 Å². The molecule has 2 aromatic rings. The molecule has 5 heteroatoms. The second-order valence-electron chi connectivity index (χ2n) is 6.08. The number of rotatable bonds is 7. The summed E-state index contributed by atoms with van der Waals surface area (Å²) in [7, 11) is 0. The summed E-state index contributed by atoms with van der Waals surface area (Å²) in [5, 5.41) is 15.2. The van der Waals surface area contributed by atoms with Crippen molar-refractivity contribution in [2.45, 2.75) is 31.3 Å². The molecule has 0 radical (unpaired) electrons. The first-order chi connectivity index (χ1) is 11.7. The number of hydrogen-bond acceptors (Lipinski definition) is 3. The van der Waals surface area contributed by atoms with Crippen LogP contribution in [-0.2, 0) is 11.2 Å². The van der Waals surface area contributed by atoms with Crippen LogP contribution in [0.2, 0.25) is 0 Å². The molecule has 3 N–H and O–H groups in total. The zero-order valence-corrected chi connectivity index (χ0v) is 13.3. The topological polar surface area (TPSA) is 61.4 Å². The molecule has 1 saturated carbocycles. The molecule has 0 aliphatic heterocycles. The summed E-state index contributed by atoms with van der Waals surface area (Å²) in [6.07, 6.45) is 2.62. The van der Waals surface area contributed by atoms with Gasteiger partial charge < -0.3 is 15.7 Å². The van der Waals surface area contributed by atoms with Gasteiger partial charge in [0.2, 0.25) is 5.91 Å². The first-order valence-electron chi connectivity index (χ1n) is 8.18. The van der Waals surface area contributed by atoms with Gasteiger partial charge in [-0.15, -0.1) is 0 Å². The lowest BCUT2D eigenvalue weighted by molar-refractivity contribution is -0.122. The van der Waals surface area contributed by atoms with Crippen LogP contribution in [0.4, 0.5) is 10.1 Å². The minimum absolute atomic E-state index is 0.106. The molecule has 1 aliphatic rings. The summed E-state index contributed by atoms with van der Waals surface area (Å²) < 4.78 is 13.2. The molecule has 1 aliphatic carbocycles. The largest absolute Gasteiger partial charge is 0.396 e. The average molecular weight is 328 g/mol. The Balaban J connectivity index is 1.77. The van der Waals surface area contributed by atoms with E-state index < -0.39 is 6.04 Å². The van der Waals surface area contributed by atoms with Gasteiger partial charge in [0.15, 0.2) is 0 Å². The quantitative estimate of drug-likeness (QED) is 0.732. The molecule has 1 fully saturated rings. The van der Waals surface area contributed by atoms with E-state index in [9.17, 15) is 9.18 Å². The summed E-state index contributed by atoms with van der Waals surface area (Å²) in [4.78, 5) is 12.6. The van der Waals surface area contributed by atoms with Crippen molar-refractivity contribution in [2.75, 3.05) is 11.9 Å². The minimum Gasteiger partial charge on any atom is -0.396 e. The highest BCUT2D eigenvalue weighted by atomic mass is 19.1. The smallest absolute Gasteiger partial charge is 0.247 e. The number of halogens is 1. The van der Waals surface area contributed by atoms with Gasteiger partial charge in [-0.25, -0.2) is 4.39 Å². The van der Waals surface area contributed by atoms with Crippen molar-refractivity contribution in [2.24, 2.45) is 0 Å². The van der Waals surface area contributed by atoms with Gasteiger partial charge in [0, 0.05) is 18.3 Å². The van der Waals surface area contributed by atoms with E-state index in [4.69, 9.17) is 5.11 Å². The third kappa shape index (κ3) is 4.32. The van der Waals surface area contributed by atoms with Crippen LogP contribution in [0.25, 0.3) is 0 Å². The Morgan fingerprint density at radius 1 is 1.12 bits per heavy atom. The number of carbonyl (C=O) groups excluding carboxylic acids is 1. The van der Waals surface area contributed by atoms with E-state index in [0.717, 1.165) is 24.1 Å². The number of aliphatic hydroxyl groups is 1. The molecular weight excluding hydrogens is 307 g/mol. The first kappa shape index (κ1) is 16.5. The van der Waals surface area contributed by atoms with Crippen molar-refractivity contribution < 1.29 is 14.3 Å². The van der Waals surface area contributed by atoms with Crippen molar-refractivity contribution in [3.63, 3.8) is 0 Å². The van der Waals surface area contributed by atoms with E-state index in [0.29, 0.717) is 12.0 Å². The number of aliphatic hydroxyl groups excluding tert-OH is 1. The van der Waals surface area contributed by atoms with Gasteiger partial charge in [-0.3, -0.25) is 4.79 Å². The Hall–Kier alpha value is -2.40. The average Bonchev–Trinajstić information content (AvgIpc) is 3.39. The zero-order valence-electron chi connectivity index (χ0n) is 13.3.